The quantitative estimate of drug-likeness (QED) is 0.482. The number of halogens is 1. The van der Waals surface area contributed by atoms with Crippen molar-refractivity contribution in [1.82, 2.24) is 15.0 Å². The molecule has 4 heterocycles. The van der Waals surface area contributed by atoms with Crippen LogP contribution in [-0.4, -0.2) is 26.5 Å². The van der Waals surface area contributed by atoms with E-state index >= 15 is 0 Å². The molecule has 1 N–H and O–H groups in total. The van der Waals surface area contributed by atoms with Crippen molar-refractivity contribution in [3.63, 3.8) is 0 Å². The molecule has 0 aromatic carbocycles. The summed E-state index contributed by atoms with van der Waals surface area (Å²) < 4.78 is 0.995. The molecule has 0 amide bonds. The number of hydrogen-bond acceptors (Lipinski definition) is 3. The molecule has 5 heteroatoms. The molecule has 1 aliphatic heterocycles. The van der Waals surface area contributed by atoms with Gasteiger partial charge < -0.3 is 4.98 Å². The predicted molar refractivity (Wildman–Crippen MR) is 102 cm³/mol. The van der Waals surface area contributed by atoms with Crippen molar-refractivity contribution in [2.24, 2.45) is 0 Å². The van der Waals surface area contributed by atoms with Gasteiger partial charge in [0, 0.05) is 28.6 Å². The molecule has 0 atom stereocenters. The van der Waals surface area contributed by atoms with Crippen molar-refractivity contribution < 1.29 is 0 Å². The van der Waals surface area contributed by atoms with E-state index in [9.17, 15) is 0 Å². The van der Waals surface area contributed by atoms with Crippen LogP contribution in [-0.2, 0) is 0 Å². The highest BCUT2D eigenvalue weighted by atomic mass is 127. The lowest BCUT2D eigenvalue weighted by Crippen LogP contribution is -1.95. The lowest BCUT2D eigenvalue weighted by molar-refractivity contribution is 1.19. The Bertz CT molecular complexity index is 869. The summed E-state index contributed by atoms with van der Waals surface area (Å²) in [7, 11) is 0. The molecule has 0 saturated heterocycles. The molecular weight excluding hydrogens is 405 g/mol. The summed E-state index contributed by atoms with van der Waals surface area (Å²) in [6, 6.07) is 10.4. The van der Waals surface area contributed by atoms with Crippen molar-refractivity contribution in [2.45, 2.75) is 6.42 Å². The fourth-order valence-electron chi connectivity index (χ4n) is 2.67. The third-order valence-corrected chi connectivity index (χ3v) is 5.29. The molecule has 3 nitrogen and oxygen atoms in total. The zero-order valence-electron chi connectivity index (χ0n) is 11.8. The molecule has 0 aliphatic carbocycles. The average Bonchev–Trinajstić information content (AvgIpc) is 2.99. The second-order valence-electron chi connectivity index (χ2n) is 5.24. The van der Waals surface area contributed by atoms with Crippen LogP contribution in [0.5, 0.6) is 0 Å². The lowest BCUT2D eigenvalue weighted by atomic mass is 10.1. The molecule has 0 saturated carbocycles. The van der Waals surface area contributed by atoms with Gasteiger partial charge in [0.1, 0.15) is 9.35 Å². The van der Waals surface area contributed by atoms with E-state index in [4.69, 9.17) is 0 Å². The molecule has 0 unspecified atom stereocenters. The number of aromatic nitrogens is 3. The van der Waals surface area contributed by atoms with E-state index < -0.39 is 0 Å². The molecule has 110 valence electrons. The maximum Gasteiger partial charge on any atom is 0.137 e. The Morgan fingerprint density at radius 2 is 2.18 bits per heavy atom. The number of thioether (sulfide) groups is 1. The van der Waals surface area contributed by atoms with E-state index in [-0.39, 0.29) is 0 Å². The first-order chi connectivity index (χ1) is 10.8. The molecular formula is C17H14IN3S. The maximum atomic E-state index is 4.57. The topological polar surface area (TPSA) is 41.6 Å². The third kappa shape index (κ3) is 2.79. The van der Waals surface area contributed by atoms with E-state index in [0.29, 0.717) is 0 Å². The first-order valence-corrected chi connectivity index (χ1v) is 9.42. The van der Waals surface area contributed by atoms with Crippen LogP contribution >= 0.6 is 34.4 Å². The summed E-state index contributed by atoms with van der Waals surface area (Å²) in [5.74, 6) is 2.31. The van der Waals surface area contributed by atoms with E-state index in [2.05, 4.69) is 55.8 Å². The molecule has 0 radical (unpaired) electrons. The summed E-state index contributed by atoms with van der Waals surface area (Å²) in [5, 5.41) is 1.15. The largest absolute Gasteiger partial charge is 0.339 e. The second-order valence-corrected chi connectivity index (χ2v) is 7.50. The SMILES string of the molecule is Ic1cccc(-c2cnc3[nH]c(C4=CCSCC4)cc3c2)n1. The zero-order valence-corrected chi connectivity index (χ0v) is 14.8. The van der Waals surface area contributed by atoms with E-state index in [1.165, 1.54) is 17.0 Å². The summed E-state index contributed by atoms with van der Waals surface area (Å²) in [5.41, 5.74) is 5.59. The van der Waals surface area contributed by atoms with Gasteiger partial charge in [0.25, 0.3) is 0 Å². The second kappa shape index (κ2) is 6.04. The van der Waals surface area contributed by atoms with Gasteiger partial charge in [0.05, 0.1) is 5.69 Å². The Morgan fingerprint density at radius 1 is 1.23 bits per heavy atom. The molecule has 0 spiro atoms. The number of pyridine rings is 2. The fourth-order valence-corrected chi connectivity index (χ4v) is 3.99. The van der Waals surface area contributed by atoms with Gasteiger partial charge in [-0.1, -0.05) is 12.1 Å². The Hall–Kier alpha value is -1.34. The van der Waals surface area contributed by atoms with E-state index in [1.54, 1.807) is 0 Å². The highest BCUT2D eigenvalue weighted by Gasteiger charge is 2.11. The van der Waals surface area contributed by atoms with Crippen molar-refractivity contribution in [2.75, 3.05) is 11.5 Å². The zero-order chi connectivity index (χ0) is 14.9. The molecule has 4 rings (SSSR count). The normalized spacial score (nSPS) is 15.0. The lowest BCUT2D eigenvalue weighted by Gasteiger charge is -2.10. The standard InChI is InChI=1S/C17H14IN3S/c18-16-3-1-2-14(20-16)13-8-12-9-15(21-17(12)19-10-13)11-4-6-22-7-5-11/h1-4,8-10H,5-7H2,(H,19,21). The monoisotopic (exact) mass is 419 g/mol. The van der Waals surface area contributed by atoms with E-state index in [0.717, 1.165) is 38.2 Å². The highest BCUT2D eigenvalue weighted by Crippen LogP contribution is 2.29. The molecule has 0 fully saturated rings. The van der Waals surface area contributed by atoms with Crippen LogP contribution in [0.3, 0.4) is 0 Å². The minimum atomic E-state index is 0.948. The first-order valence-electron chi connectivity index (χ1n) is 7.18. The van der Waals surface area contributed by atoms with Gasteiger partial charge in [-0.15, -0.1) is 0 Å². The van der Waals surface area contributed by atoms with E-state index in [1.807, 2.05) is 36.2 Å². The van der Waals surface area contributed by atoms with Crippen LogP contribution in [0.4, 0.5) is 0 Å². The smallest absolute Gasteiger partial charge is 0.137 e. The van der Waals surface area contributed by atoms with Gasteiger partial charge in [-0.05, 0) is 64.6 Å². The average molecular weight is 419 g/mol. The number of aromatic amines is 1. The minimum absolute atomic E-state index is 0.948. The molecule has 3 aromatic heterocycles. The highest BCUT2D eigenvalue weighted by molar-refractivity contribution is 14.1. The molecule has 1 aliphatic rings. The Balaban J connectivity index is 1.76. The fraction of sp³-hybridized carbons (Fsp3) is 0.176. The summed E-state index contributed by atoms with van der Waals surface area (Å²) >= 11 is 4.22. The number of allylic oxidation sites excluding steroid dienone is 1. The van der Waals surface area contributed by atoms with Crippen LogP contribution < -0.4 is 0 Å². The van der Waals surface area contributed by atoms with Crippen molar-refractivity contribution in [3.05, 3.63) is 52.0 Å². The van der Waals surface area contributed by atoms with Crippen LogP contribution in [0.15, 0.2) is 42.6 Å². The van der Waals surface area contributed by atoms with Crippen molar-refractivity contribution in [1.29, 1.82) is 0 Å². The summed E-state index contributed by atoms with van der Waals surface area (Å²) in [4.78, 5) is 12.6. The van der Waals surface area contributed by atoms with Crippen molar-refractivity contribution >= 4 is 51.0 Å². The number of nitrogens with zero attached hydrogens (tertiary/aromatic N) is 2. The van der Waals surface area contributed by atoms with Crippen molar-refractivity contribution in [3.8, 4) is 11.3 Å². The van der Waals surface area contributed by atoms with Crippen LogP contribution in [0, 0.1) is 3.70 Å². The Morgan fingerprint density at radius 3 is 3.00 bits per heavy atom. The molecule has 22 heavy (non-hydrogen) atoms. The number of hydrogen-bond donors (Lipinski definition) is 1. The molecule has 3 aromatic rings. The third-order valence-electron chi connectivity index (χ3n) is 3.79. The Kier molecular flexibility index (Phi) is 3.92. The van der Waals surface area contributed by atoms with Crippen LogP contribution in [0.1, 0.15) is 12.1 Å². The maximum absolute atomic E-state index is 4.57. The number of rotatable bonds is 2. The van der Waals surface area contributed by atoms with Gasteiger partial charge in [-0.3, -0.25) is 0 Å². The first kappa shape index (κ1) is 14.3. The number of fused-ring (bicyclic) bond motifs is 1. The van der Waals surface area contributed by atoms with Gasteiger partial charge in [0.2, 0.25) is 0 Å². The summed E-state index contributed by atoms with van der Waals surface area (Å²) in [6.45, 7) is 0. The number of H-pyrrole nitrogens is 1. The number of nitrogens with one attached hydrogen (secondary N) is 1. The van der Waals surface area contributed by atoms with Gasteiger partial charge in [-0.2, -0.15) is 11.8 Å². The summed E-state index contributed by atoms with van der Waals surface area (Å²) in [6.07, 6.45) is 5.34. The predicted octanol–water partition coefficient (Wildman–Crippen LogP) is 4.75. The van der Waals surface area contributed by atoms with Gasteiger partial charge >= 0.3 is 0 Å². The molecule has 0 bridgehead atoms. The van der Waals surface area contributed by atoms with Crippen LogP contribution in [0.25, 0.3) is 27.9 Å². The van der Waals surface area contributed by atoms with Gasteiger partial charge in [-0.25, -0.2) is 9.97 Å². The van der Waals surface area contributed by atoms with Gasteiger partial charge in [0.15, 0.2) is 0 Å². The Labute approximate surface area is 146 Å². The van der Waals surface area contributed by atoms with Crippen LogP contribution in [0.2, 0.25) is 0 Å². The minimum Gasteiger partial charge on any atom is -0.339 e.